The summed E-state index contributed by atoms with van der Waals surface area (Å²) in [6.45, 7) is 14.3. The summed E-state index contributed by atoms with van der Waals surface area (Å²) in [7, 11) is 4.73. The van der Waals surface area contributed by atoms with Crippen LogP contribution in [0.15, 0.2) is 41.4 Å². The first kappa shape index (κ1) is 44.8. The lowest BCUT2D eigenvalue weighted by atomic mass is 9.83. The zero-order valence-electron chi connectivity index (χ0n) is 35.2. The van der Waals surface area contributed by atoms with Crippen LogP contribution < -0.4 is 10.1 Å². The Morgan fingerprint density at radius 1 is 1.00 bits per heavy atom. The van der Waals surface area contributed by atoms with Gasteiger partial charge in [-0.05, 0) is 80.1 Å². The summed E-state index contributed by atoms with van der Waals surface area (Å²) in [6, 6.07) is 3.76. The van der Waals surface area contributed by atoms with E-state index in [9.17, 15) is 24.0 Å². The largest absolute Gasteiger partial charge is 0.497 e. The molecule has 56 heavy (non-hydrogen) atoms. The number of ether oxygens (including phenoxy) is 2. The van der Waals surface area contributed by atoms with Gasteiger partial charge < -0.3 is 29.5 Å². The highest BCUT2D eigenvalue weighted by Gasteiger charge is 2.44. The molecule has 2 unspecified atom stereocenters. The van der Waals surface area contributed by atoms with Crippen LogP contribution in [0.1, 0.15) is 99.0 Å². The quantitative estimate of drug-likeness (QED) is 0.377. The van der Waals surface area contributed by atoms with Gasteiger partial charge in [0.05, 0.1) is 18.2 Å². The van der Waals surface area contributed by atoms with Crippen molar-refractivity contribution < 1.29 is 33.4 Å². The molecule has 1 N–H and O–H groups in total. The first-order chi connectivity index (χ1) is 26.4. The first-order valence-electron chi connectivity index (χ1n) is 20.3. The number of hydrogen-bond donors (Lipinski definition) is 1. The second-order valence-electron chi connectivity index (χ2n) is 17.0. The number of fused-ring (bicyclic) bond motifs is 2. The summed E-state index contributed by atoms with van der Waals surface area (Å²) in [5.74, 6) is -0.393. The number of allylic oxidation sites excluding steroid dienone is 1. The zero-order valence-corrected chi connectivity index (χ0v) is 36.0. The highest BCUT2D eigenvalue weighted by atomic mass is 32.2. The number of methoxy groups -OCH3 is 1. The summed E-state index contributed by atoms with van der Waals surface area (Å²) in [4.78, 5) is 79.7. The fourth-order valence-electron chi connectivity index (χ4n) is 7.59. The van der Waals surface area contributed by atoms with Crippen LogP contribution in [0.5, 0.6) is 5.75 Å². The van der Waals surface area contributed by atoms with Crippen molar-refractivity contribution in [3.05, 3.63) is 42.0 Å². The zero-order chi connectivity index (χ0) is 41.3. The van der Waals surface area contributed by atoms with Crippen molar-refractivity contribution in [2.24, 2.45) is 22.2 Å². The summed E-state index contributed by atoms with van der Waals surface area (Å²) >= 11 is 1.66. The minimum Gasteiger partial charge on any atom is -0.497 e. The second-order valence-corrected chi connectivity index (χ2v) is 18.0. The molecule has 3 aliphatic heterocycles. The lowest BCUT2D eigenvalue weighted by Gasteiger charge is -2.39. The Morgan fingerprint density at radius 2 is 1.70 bits per heavy atom. The van der Waals surface area contributed by atoms with Crippen molar-refractivity contribution in [1.29, 1.82) is 0 Å². The van der Waals surface area contributed by atoms with Crippen LogP contribution in [-0.2, 0) is 35.1 Å². The summed E-state index contributed by atoms with van der Waals surface area (Å²) in [5.41, 5.74) is 0.491. The molecule has 4 amide bonds. The Bertz CT molecular complexity index is 1610. The first-order valence-corrected chi connectivity index (χ1v) is 21.3. The van der Waals surface area contributed by atoms with Crippen LogP contribution in [-0.4, -0.2) is 119 Å². The van der Waals surface area contributed by atoms with Gasteiger partial charge in [-0.2, -0.15) is 0 Å². The van der Waals surface area contributed by atoms with Crippen molar-refractivity contribution >= 4 is 46.4 Å². The topological polar surface area (TPSA) is 138 Å². The number of likely N-dealkylation sites (N-methyl/N-ethyl adjacent to an activating group) is 2. The number of hydrogen-bond acceptors (Lipinski definition) is 9. The van der Waals surface area contributed by atoms with Gasteiger partial charge in [0.15, 0.2) is 0 Å². The number of aliphatic imine (C=N–C) groups is 1. The maximum atomic E-state index is 14.5. The van der Waals surface area contributed by atoms with Crippen molar-refractivity contribution in [1.82, 2.24) is 20.0 Å². The maximum absolute atomic E-state index is 14.5. The van der Waals surface area contributed by atoms with Gasteiger partial charge in [-0.3, -0.25) is 24.2 Å². The van der Waals surface area contributed by atoms with Gasteiger partial charge in [0.25, 0.3) is 0 Å². The molecule has 1 aromatic rings. The lowest BCUT2D eigenvalue weighted by Crippen LogP contribution is -2.59. The molecule has 13 heteroatoms. The predicted molar refractivity (Wildman–Crippen MR) is 221 cm³/mol. The van der Waals surface area contributed by atoms with Gasteiger partial charge in [0.1, 0.15) is 36.0 Å². The monoisotopic (exact) mass is 795 g/mol. The molecule has 4 rings (SSSR count). The Kier molecular flexibility index (Phi) is 16.0. The molecule has 310 valence electrons. The van der Waals surface area contributed by atoms with E-state index >= 15 is 0 Å². The van der Waals surface area contributed by atoms with Crippen molar-refractivity contribution in [3.8, 4) is 5.75 Å². The fraction of sp³-hybridized carbons (Fsp3) is 0.674. The highest BCUT2D eigenvalue weighted by molar-refractivity contribution is 8.14. The predicted octanol–water partition coefficient (Wildman–Crippen LogP) is 5.67. The average molecular weight is 796 g/mol. The molecule has 0 aromatic heterocycles. The number of benzene rings is 1. The normalized spacial score (nSPS) is 29.5. The number of nitrogens with zero attached hydrogens (tertiary/aromatic N) is 4. The summed E-state index contributed by atoms with van der Waals surface area (Å²) < 4.78 is 11.6. The number of nitrogens with one attached hydrogen (secondary N) is 1. The van der Waals surface area contributed by atoms with Crippen LogP contribution in [0.2, 0.25) is 0 Å². The molecule has 12 nitrogen and oxygen atoms in total. The van der Waals surface area contributed by atoms with E-state index in [-0.39, 0.29) is 54.1 Å². The molecule has 0 radical (unpaired) electrons. The van der Waals surface area contributed by atoms with Crippen molar-refractivity contribution in [3.63, 3.8) is 0 Å². The van der Waals surface area contributed by atoms with Crippen LogP contribution in [0, 0.1) is 17.3 Å². The van der Waals surface area contributed by atoms with Crippen LogP contribution >= 0.6 is 11.8 Å². The molecule has 2 bridgehead atoms. The average Bonchev–Trinajstić information content (AvgIpc) is 3.85. The van der Waals surface area contributed by atoms with E-state index in [0.29, 0.717) is 44.4 Å². The number of esters is 1. The van der Waals surface area contributed by atoms with E-state index in [1.165, 1.54) is 9.80 Å². The van der Waals surface area contributed by atoms with E-state index in [4.69, 9.17) is 14.5 Å². The van der Waals surface area contributed by atoms with Crippen molar-refractivity contribution in [2.75, 3.05) is 33.5 Å². The molecular weight excluding hydrogens is 731 g/mol. The van der Waals surface area contributed by atoms with E-state index in [1.54, 1.807) is 56.9 Å². The Hall–Kier alpha value is -3.87. The highest BCUT2D eigenvalue weighted by Crippen LogP contribution is 2.32. The number of rotatable bonds is 5. The molecule has 0 spiro atoms. The Balaban J connectivity index is 1.67. The number of amides is 4. The van der Waals surface area contributed by atoms with Gasteiger partial charge in [-0.25, -0.2) is 4.79 Å². The van der Waals surface area contributed by atoms with E-state index in [0.717, 1.165) is 22.8 Å². The van der Waals surface area contributed by atoms with Gasteiger partial charge in [-0.1, -0.05) is 66.2 Å². The molecule has 8 atom stereocenters. The maximum Gasteiger partial charge on any atom is 0.329 e. The van der Waals surface area contributed by atoms with Crippen LogP contribution in [0.4, 0.5) is 0 Å². The van der Waals surface area contributed by atoms with E-state index in [2.05, 4.69) is 39.1 Å². The third-order valence-corrected chi connectivity index (χ3v) is 12.7. The molecule has 1 fully saturated rings. The number of carbonyl (C=O) groups excluding carboxylic acids is 5. The van der Waals surface area contributed by atoms with Gasteiger partial charge in [0.2, 0.25) is 23.6 Å². The number of cyclic esters (lactones) is 1. The third-order valence-electron chi connectivity index (χ3n) is 11.6. The summed E-state index contributed by atoms with van der Waals surface area (Å²) in [5, 5.41) is 3.89. The van der Waals surface area contributed by atoms with Gasteiger partial charge in [0, 0.05) is 39.2 Å². The second kappa shape index (κ2) is 20.0. The minimum absolute atomic E-state index is 0.0232. The smallest absolute Gasteiger partial charge is 0.329 e. The van der Waals surface area contributed by atoms with Gasteiger partial charge in [-0.15, -0.1) is 11.8 Å². The Labute approximate surface area is 338 Å². The van der Waals surface area contributed by atoms with Crippen LogP contribution in [0.25, 0.3) is 0 Å². The molecule has 0 saturated carbocycles. The standard InChI is InChI=1S/C43H65N5O7S/c1-11-28(3)38-41(52)48-23-13-15-34(48)42(53)55-35(43(5,6)7)24-27(2)14-12-16-37-44-31(26-56-37)19-22-36(49)45-33(25-30-17-20-32(54-10)21-18-30)40(51)46(8)29(4)39(50)47(38)9/h12,16-18,20-21,27-29,31,33-35,38H,11,13-15,19,22-26H2,1-10H3,(H,45,49)/b16-12+/t27-,28-,29-,31+,33?,34-,35?,38-/m0/s1. The molecule has 3 aliphatic rings. The molecular formula is C43H65N5O7S. The van der Waals surface area contributed by atoms with Crippen molar-refractivity contribution in [2.45, 2.75) is 136 Å². The number of thioether (sulfide) groups is 1. The minimum atomic E-state index is -0.957. The number of carbonyl (C=O) groups is 5. The summed E-state index contributed by atoms with van der Waals surface area (Å²) in [6.07, 6.45) is 7.91. The lowest BCUT2D eigenvalue weighted by molar-refractivity contribution is -0.166. The fourth-order valence-corrected chi connectivity index (χ4v) is 8.61. The van der Waals surface area contributed by atoms with E-state index < -0.39 is 42.0 Å². The molecule has 1 aromatic carbocycles. The Morgan fingerprint density at radius 3 is 2.34 bits per heavy atom. The molecule has 3 heterocycles. The van der Waals surface area contributed by atoms with Gasteiger partial charge >= 0.3 is 5.97 Å². The third kappa shape index (κ3) is 11.6. The molecule has 0 aliphatic carbocycles. The van der Waals surface area contributed by atoms with Crippen LogP contribution in [0.3, 0.4) is 0 Å². The van der Waals surface area contributed by atoms with E-state index in [1.807, 2.05) is 32.1 Å². The SMILES string of the molecule is CC[C@H](C)[C@H]1C(=O)N2CCC[C@H]2C(=O)OC(C(C)(C)C)C[C@@H](C)C/C=C/C2=N[C@H](CCC(=O)NC(Cc3ccc(OC)cc3)C(=O)N(C)[C@@H](C)C(=O)N1C)CS2. The molecule has 1 saturated heterocycles.